The van der Waals surface area contributed by atoms with Gasteiger partial charge >= 0.3 is 12.2 Å². The zero-order valence-electron chi connectivity index (χ0n) is 34.5. The molecule has 17 heteroatoms. The lowest BCUT2D eigenvalue weighted by Crippen LogP contribution is -2.37. The minimum absolute atomic E-state index is 0.107. The minimum atomic E-state index is -0.458. The van der Waals surface area contributed by atoms with Gasteiger partial charge in [-0.05, 0) is 177 Å². The van der Waals surface area contributed by atoms with E-state index < -0.39 is 4.92 Å². The summed E-state index contributed by atoms with van der Waals surface area (Å²) in [5, 5.41) is 11.8. The van der Waals surface area contributed by atoms with Crippen LogP contribution in [0.25, 0.3) is 11.1 Å². The molecule has 2 aliphatic heterocycles. The maximum absolute atomic E-state index is 12.1. The lowest BCUT2D eigenvalue weighted by atomic mass is 9.87. The van der Waals surface area contributed by atoms with E-state index in [2.05, 4.69) is 82.8 Å². The summed E-state index contributed by atoms with van der Waals surface area (Å²) in [6.07, 6.45) is 9.19. The van der Waals surface area contributed by atoms with E-state index in [1.54, 1.807) is 29.0 Å². The number of fused-ring (bicyclic) bond motifs is 4. The molecule has 8 rings (SSSR count). The van der Waals surface area contributed by atoms with Gasteiger partial charge in [-0.2, -0.15) is 0 Å². The number of nitrogens with two attached hydrogens (primary N) is 1. The lowest BCUT2D eigenvalue weighted by Gasteiger charge is -2.29. The molecule has 326 valence electrons. The Morgan fingerprint density at radius 1 is 0.726 bits per heavy atom. The minimum Gasteiger partial charge on any atom is -0.450 e. The fraction of sp³-hybridized carbons (Fsp3) is 0.378. The Morgan fingerprint density at radius 3 is 1.60 bits per heavy atom. The second-order valence-corrected chi connectivity index (χ2v) is 19.2. The van der Waals surface area contributed by atoms with Crippen LogP contribution in [-0.4, -0.2) is 76.3 Å². The molecule has 0 saturated carbocycles. The van der Waals surface area contributed by atoms with E-state index in [0.29, 0.717) is 63.1 Å². The van der Waals surface area contributed by atoms with Gasteiger partial charge in [-0.25, -0.2) is 9.59 Å². The van der Waals surface area contributed by atoms with Crippen molar-refractivity contribution >= 4 is 110 Å². The monoisotopic (exact) mass is 1120 g/mol. The number of nitrogens with zero attached hydrogens (tertiary/aromatic N) is 5. The average Bonchev–Trinajstić information content (AvgIpc) is 3.52. The molecule has 4 aliphatic rings. The second kappa shape index (κ2) is 19.9. The quantitative estimate of drug-likeness (QED) is 0.120. The van der Waals surface area contributed by atoms with Gasteiger partial charge in [-0.3, -0.25) is 20.1 Å². The predicted molar refractivity (Wildman–Crippen MR) is 255 cm³/mol. The number of ether oxygens (including phenoxy) is 2. The third-order valence-corrected chi connectivity index (χ3v) is 15.2. The molecule has 4 aromatic rings. The Kier molecular flexibility index (Phi) is 14.8. The van der Waals surface area contributed by atoms with Crippen molar-refractivity contribution in [3.8, 4) is 0 Å². The number of amides is 2. The Hall–Kier alpha value is -3.83. The molecule has 0 spiro atoms. The Morgan fingerprint density at radius 2 is 1.16 bits per heavy atom. The molecule has 2 saturated heterocycles. The Balaban J connectivity index is 0.000000187. The first kappa shape index (κ1) is 46.2. The second-order valence-electron chi connectivity index (χ2n) is 15.4. The maximum atomic E-state index is 12.1. The van der Waals surface area contributed by atoms with Crippen LogP contribution in [0, 0.1) is 17.0 Å². The van der Waals surface area contributed by atoms with Crippen molar-refractivity contribution in [2.75, 3.05) is 45.1 Å². The molecule has 4 heterocycles. The van der Waals surface area contributed by atoms with E-state index in [1.165, 1.54) is 22.3 Å². The highest BCUT2D eigenvalue weighted by Gasteiger charge is 2.32. The number of carbonyl (C=O) groups excluding carboxylic acids is 2. The van der Waals surface area contributed by atoms with Crippen molar-refractivity contribution in [1.82, 2.24) is 19.8 Å². The summed E-state index contributed by atoms with van der Waals surface area (Å²) in [4.78, 5) is 48.6. The number of hydrogen-bond donors (Lipinski definition) is 1. The van der Waals surface area contributed by atoms with Gasteiger partial charge in [0.05, 0.1) is 29.5 Å². The van der Waals surface area contributed by atoms with Crippen LogP contribution in [0.4, 0.5) is 21.0 Å². The number of aryl methyl sites for hydroxylation is 2. The van der Waals surface area contributed by atoms with E-state index in [-0.39, 0.29) is 22.9 Å². The van der Waals surface area contributed by atoms with Gasteiger partial charge in [-0.1, -0.05) is 38.7 Å². The third kappa shape index (κ3) is 9.50. The van der Waals surface area contributed by atoms with Crippen LogP contribution in [0.2, 0.25) is 5.02 Å². The highest BCUT2D eigenvalue weighted by molar-refractivity contribution is 9.11. The molecular formula is C45H45Br4ClN6O6. The summed E-state index contributed by atoms with van der Waals surface area (Å²) in [5.41, 5.74) is 21.0. The van der Waals surface area contributed by atoms with Gasteiger partial charge in [0.15, 0.2) is 0 Å². The van der Waals surface area contributed by atoms with Gasteiger partial charge in [0.2, 0.25) is 0 Å². The average molecular weight is 1120 g/mol. The molecule has 2 fully saturated rings. The molecule has 12 nitrogen and oxygen atoms in total. The molecule has 2 aromatic heterocycles. The highest BCUT2D eigenvalue weighted by atomic mass is 79.9. The first-order chi connectivity index (χ1) is 29.7. The third-order valence-electron chi connectivity index (χ3n) is 11.8. The first-order valence-corrected chi connectivity index (χ1v) is 24.1. The van der Waals surface area contributed by atoms with Crippen LogP contribution < -0.4 is 5.73 Å². The smallest absolute Gasteiger partial charge is 0.409 e. The van der Waals surface area contributed by atoms with Crippen LogP contribution in [0.5, 0.6) is 0 Å². The van der Waals surface area contributed by atoms with Crippen LogP contribution in [0.1, 0.15) is 89.9 Å². The number of nitro benzene ring substituents is 1. The Bertz CT molecular complexity index is 2530. The topological polar surface area (TPSA) is 154 Å². The summed E-state index contributed by atoms with van der Waals surface area (Å²) in [6.45, 7) is 8.76. The van der Waals surface area contributed by atoms with Crippen LogP contribution in [0.15, 0.2) is 65.7 Å². The maximum Gasteiger partial charge on any atom is 0.409 e. The first-order valence-electron chi connectivity index (χ1n) is 20.5. The van der Waals surface area contributed by atoms with Crippen molar-refractivity contribution < 1.29 is 24.0 Å². The van der Waals surface area contributed by atoms with E-state index in [1.807, 2.05) is 19.2 Å². The van der Waals surface area contributed by atoms with Crippen molar-refractivity contribution in [2.45, 2.75) is 72.1 Å². The zero-order valence-corrected chi connectivity index (χ0v) is 41.6. The van der Waals surface area contributed by atoms with E-state index >= 15 is 0 Å². The summed E-state index contributed by atoms with van der Waals surface area (Å²) in [7, 11) is 0. The number of anilines is 1. The number of nitrogen functional groups attached to an aromatic ring is 1. The number of benzene rings is 2. The predicted octanol–water partition coefficient (Wildman–Crippen LogP) is 12.0. The van der Waals surface area contributed by atoms with Gasteiger partial charge < -0.3 is 25.0 Å². The SMILES string of the molecule is CCOC(=O)N1CCC(=C2c3cc(N)c(C)c(Br)c3CCc3cc(Br)cnc32)CC1.CCOC(=O)N1CCC(=C2c3cc([N+](=O)[O-])c(Cl)c(Br)c3CCc3cc(Br)cnc32)CC1. The Labute approximate surface area is 399 Å². The molecule has 2 aliphatic carbocycles. The largest absolute Gasteiger partial charge is 0.450 e. The van der Waals surface area contributed by atoms with Gasteiger partial charge in [0.1, 0.15) is 5.02 Å². The molecule has 2 aromatic carbocycles. The van der Waals surface area contributed by atoms with Crippen molar-refractivity contribution in [2.24, 2.45) is 0 Å². The molecule has 0 atom stereocenters. The summed E-state index contributed by atoms with van der Waals surface area (Å²) in [5.74, 6) is 0. The van der Waals surface area contributed by atoms with Gasteiger partial charge in [0.25, 0.3) is 5.69 Å². The number of nitro groups is 1. The normalized spacial score (nSPS) is 15.9. The number of carbonyl (C=O) groups is 2. The van der Waals surface area contributed by atoms with E-state index in [9.17, 15) is 19.7 Å². The lowest BCUT2D eigenvalue weighted by molar-refractivity contribution is -0.384. The van der Waals surface area contributed by atoms with Gasteiger partial charge in [0, 0.05) is 79.4 Å². The summed E-state index contributed by atoms with van der Waals surface area (Å²) >= 11 is 20.8. The zero-order chi connectivity index (χ0) is 44.4. The fourth-order valence-electron chi connectivity index (χ4n) is 8.67. The highest BCUT2D eigenvalue weighted by Crippen LogP contribution is 2.46. The fourth-order valence-corrected chi connectivity index (χ4v) is 10.9. The molecule has 2 N–H and O–H groups in total. The standard InChI is InChI=1S/C23H25Br2N3O2.C22H20Br2ClN3O4/c1-3-30-23(29)28-8-6-14(7-9-28)20-18-11-19(26)13(2)21(25)17(18)5-4-15-10-16(24)12-27-22(15)20;1-2-32-22(29)27-7-5-12(6-8-27)18-16-10-17(28(30)31)20(25)19(24)15(16)4-3-13-9-14(23)11-26-21(13)18/h10-12H,3-9,26H2,1-2H3;9-11H,2-8H2,1H3. The van der Waals surface area contributed by atoms with Crippen LogP contribution >= 0.6 is 75.3 Å². The molecule has 2 amide bonds. The van der Waals surface area contributed by atoms with Crippen molar-refractivity contribution in [3.63, 3.8) is 0 Å². The number of piperidine rings is 2. The number of rotatable bonds is 3. The number of likely N-dealkylation sites (tertiary alicyclic amines) is 2. The number of hydrogen-bond acceptors (Lipinski definition) is 9. The number of pyridine rings is 2. The van der Waals surface area contributed by atoms with E-state index in [0.717, 1.165) is 102 Å². The molecular weight excluding hydrogens is 1080 g/mol. The van der Waals surface area contributed by atoms with Gasteiger partial charge in [-0.15, -0.1) is 0 Å². The number of aromatic nitrogens is 2. The molecule has 0 radical (unpaired) electrons. The molecule has 0 bridgehead atoms. The van der Waals surface area contributed by atoms with E-state index in [4.69, 9.17) is 36.8 Å². The van der Waals surface area contributed by atoms with Crippen molar-refractivity contribution in [1.29, 1.82) is 0 Å². The molecule has 62 heavy (non-hydrogen) atoms. The summed E-state index contributed by atoms with van der Waals surface area (Å²) in [6, 6.07) is 7.90. The number of halogens is 5. The molecule has 0 unspecified atom stereocenters. The van der Waals surface area contributed by atoms with Crippen LogP contribution in [-0.2, 0) is 35.2 Å². The van der Waals surface area contributed by atoms with Crippen molar-refractivity contribution in [3.05, 3.63) is 131 Å². The summed E-state index contributed by atoms with van der Waals surface area (Å²) < 4.78 is 13.8. The van der Waals surface area contributed by atoms with Crippen LogP contribution in [0.3, 0.4) is 0 Å².